The second-order valence-corrected chi connectivity index (χ2v) is 5.04. The highest BCUT2D eigenvalue weighted by molar-refractivity contribution is 6.04. The van der Waals surface area contributed by atoms with E-state index in [2.05, 4.69) is 15.5 Å². The van der Waals surface area contributed by atoms with Crippen LogP contribution >= 0.6 is 0 Å². The van der Waals surface area contributed by atoms with Crippen molar-refractivity contribution in [3.8, 4) is 0 Å². The molecule has 100 valence electrons. The molecular formula is C14H16FN3O. The van der Waals surface area contributed by atoms with Gasteiger partial charge < -0.3 is 5.32 Å². The van der Waals surface area contributed by atoms with Gasteiger partial charge >= 0.3 is 0 Å². The Labute approximate surface area is 110 Å². The van der Waals surface area contributed by atoms with Crippen LogP contribution in [-0.2, 0) is 0 Å². The maximum absolute atomic E-state index is 13.5. The van der Waals surface area contributed by atoms with Crippen molar-refractivity contribution >= 4 is 16.8 Å². The molecule has 1 fully saturated rings. The zero-order chi connectivity index (χ0) is 13.2. The van der Waals surface area contributed by atoms with Gasteiger partial charge in [-0.05, 0) is 18.9 Å². The first-order valence-corrected chi connectivity index (χ1v) is 6.69. The first-order chi connectivity index (χ1) is 9.25. The quantitative estimate of drug-likeness (QED) is 0.873. The van der Waals surface area contributed by atoms with Gasteiger partial charge in [-0.15, -0.1) is 0 Å². The number of carbonyl (C=O) groups excluding carboxylic acids is 1. The molecule has 0 bridgehead atoms. The Morgan fingerprint density at radius 3 is 2.89 bits per heavy atom. The molecule has 0 saturated heterocycles. The van der Waals surface area contributed by atoms with E-state index in [9.17, 15) is 9.18 Å². The predicted octanol–water partition coefficient (Wildman–Crippen LogP) is 2.76. The third-order valence-electron chi connectivity index (χ3n) is 3.70. The molecule has 0 spiro atoms. The van der Waals surface area contributed by atoms with Crippen LogP contribution in [0.1, 0.15) is 42.6 Å². The van der Waals surface area contributed by atoms with Gasteiger partial charge in [-0.2, -0.15) is 5.10 Å². The highest BCUT2D eigenvalue weighted by Gasteiger charge is 2.20. The summed E-state index contributed by atoms with van der Waals surface area (Å²) in [4.78, 5) is 12.2. The number of para-hydroxylation sites is 1. The van der Waals surface area contributed by atoms with Crippen LogP contribution in [0.3, 0.4) is 0 Å². The number of halogens is 1. The molecule has 1 aliphatic rings. The monoisotopic (exact) mass is 261 g/mol. The average Bonchev–Trinajstić information content (AvgIpc) is 2.85. The Morgan fingerprint density at radius 1 is 1.32 bits per heavy atom. The van der Waals surface area contributed by atoms with Crippen LogP contribution in [0.2, 0.25) is 0 Å². The lowest BCUT2D eigenvalue weighted by Gasteiger charge is -2.22. The summed E-state index contributed by atoms with van der Waals surface area (Å²) in [7, 11) is 0. The van der Waals surface area contributed by atoms with Crippen molar-refractivity contribution in [1.82, 2.24) is 15.5 Å². The molecule has 0 unspecified atom stereocenters. The van der Waals surface area contributed by atoms with E-state index in [-0.39, 0.29) is 17.5 Å². The number of nitrogens with one attached hydrogen (secondary N) is 2. The number of nitrogens with zero attached hydrogens (tertiary/aromatic N) is 1. The van der Waals surface area contributed by atoms with Crippen molar-refractivity contribution in [3.63, 3.8) is 0 Å². The molecule has 3 rings (SSSR count). The third kappa shape index (κ3) is 2.32. The number of hydrogen-bond acceptors (Lipinski definition) is 2. The summed E-state index contributed by atoms with van der Waals surface area (Å²) in [5.41, 5.74) is 0.566. The minimum absolute atomic E-state index is 0.194. The first kappa shape index (κ1) is 12.1. The summed E-state index contributed by atoms with van der Waals surface area (Å²) in [6.45, 7) is 0. The fourth-order valence-corrected chi connectivity index (χ4v) is 2.68. The van der Waals surface area contributed by atoms with Gasteiger partial charge in [-0.3, -0.25) is 9.89 Å². The molecule has 1 saturated carbocycles. The lowest BCUT2D eigenvalue weighted by molar-refractivity contribution is 0.0924. The van der Waals surface area contributed by atoms with Gasteiger partial charge in [0, 0.05) is 11.4 Å². The smallest absolute Gasteiger partial charge is 0.270 e. The molecular weight excluding hydrogens is 245 g/mol. The van der Waals surface area contributed by atoms with E-state index in [1.807, 2.05) is 0 Å². The topological polar surface area (TPSA) is 57.8 Å². The molecule has 1 amide bonds. The number of rotatable bonds is 2. The summed E-state index contributed by atoms with van der Waals surface area (Å²) >= 11 is 0. The van der Waals surface area contributed by atoms with Crippen LogP contribution in [-0.4, -0.2) is 22.1 Å². The maximum atomic E-state index is 13.5. The van der Waals surface area contributed by atoms with Gasteiger partial charge in [-0.25, -0.2) is 4.39 Å². The summed E-state index contributed by atoms with van der Waals surface area (Å²) in [5.74, 6) is -0.606. The van der Waals surface area contributed by atoms with Crippen LogP contribution in [0.25, 0.3) is 10.9 Å². The van der Waals surface area contributed by atoms with Crippen molar-refractivity contribution in [2.24, 2.45) is 0 Å². The number of aromatic amines is 1. The standard InChI is InChI=1S/C14H16FN3O/c15-11-8-4-7-10-12(11)17-18-13(10)14(19)16-9-5-2-1-3-6-9/h4,7-9H,1-3,5-6H2,(H,16,19)(H,17,18). The Balaban J connectivity index is 1.83. The maximum Gasteiger partial charge on any atom is 0.270 e. The Kier molecular flexibility index (Phi) is 3.19. The zero-order valence-corrected chi connectivity index (χ0v) is 10.6. The van der Waals surface area contributed by atoms with Gasteiger partial charge in [-0.1, -0.05) is 31.4 Å². The Morgan fingerprint density at radius 2 is 2.11 bits per heavy atom. The molecule has 1 heterocycles. The van der Waals surface area contributed by atoms with Crippen LogP contribution in [0, 0.1) is 5.82 Å². The summed E-state index contributed by atoms with van der Waals surface area (Å²) in [6, 6.07) is 4.86. The molecule has 1 aliphatic carbocycles. The summed E-state index contributed by atoms with van der Waals surface area (Å²) in [5, 5.41) is 10.0. The molecule has 2 aromatic rings. The van der Waals surface area contributed by atoms with E-state index >= 15 is 0 Å². The van der Waals surface area contributed by atoms with Crippen LogP contribution in [0.15, 0.2) is 18.2 Å². The second kappa shape index (κ2) is 4.99. The zero-order valence-electron chi connectivity index (χ0n) is 10.6. The van der Waals surface area contributed by atoms with Gasteiger partial charge in [0.1, 0.15) is 11.2 Å². The summed E-state index contributed by atoms with van der Waals surface area (Å²) < 4.78 is 13.5. The number of aromatic nitrogens is 2. The van der Waals surface area contributed by atoms with Gasteiger partial charge in [0.25, 0.3) is 5.91 Å². The largest absolute Gasteiger partial charge is 0.348 e. The molecule has 19 heavy (non-hydrogen) atoms. The minimum Gasteiger partial charge on any atom is -0.348 e. The van der Waals surface area contributed by atoms with Gasteiger partial charge in [0.2, 0.25) is 0 Å². The van der Waals surface area contributed by atoms with Crippen LogP contribution < -0.4 is 5.32 Å². The highest BCUT2D eigenvalue weighted by atomic mass is 19.1. The fraction of sp³-hybridized carbons (Fsp3) is 0.429. The van der Waals surface area contributed by atoms with Crippen LogP contribution in [0.4, 0.5) is 4.39 Å². The van der Waals surface area contributed by atoms with Crippen molar-refractivity contribution < 1.29 is 9.18 Å². The van der Waals surface area contributed by atoms with E-state index in [0.717, 1.165) is 25.7 Å². The molecule has 1 aromatic heterocycles. The van der Waals surface area contributed by atoms with E-state index in [1.54, 1.807) is 12.1 Å². The Bertz CT molecular complexity index is 602. The number of benzene rings is 1. The van der Waals surface area contributed by atoms with E-state index in [4.69, 9.17) is 0 Å². The molecule has 4 nitrogen and oxygen atoms in total. The second-order valence-electron chi connectivity index (χ2n) is 5.04. The van der Waals surface area contributed by atoms with Crippen molar-refractivity contribution in [3.05, 3.63) is 29.7 Å². The third-order valence-corrected chi connectivity index (χ3v) is 3.70. The predicted molar refractivity (Wildman–Crippen MR) is 70.4 cm³/mol. The summed E-state index contributed by atoms with van der Waals surface area (Å²) in [6.07, 6.45) is 5.59. The SMILES string of the molecule is O=C(NC1CCCCC1)c1[nH]nc2c(F)cccc12. The average molecular weight is 261 g/mol. The number of carbonyl (C=O) groups is 1. The molecule has 2 N–H and O–H groups in total. The highest BCUT2D eigenvalue weighted by Crippen LogP contribution is 2.21. The molecule has 0 radical (unpaired) electrons. The van der Waals surface area contributed by atoms with E-state index in [0.29, 0.717) is 11.1 Å². The van der Waals surface area contributed by atoms with Crippen molar-refractivity contribution in [2.45, 2.75) is 38.1 Å². The van der Waals surface area contributed by atoms with Gasteiger partial charge in [0.15, 0.2) is 5.82 Å². The molecule has 0 atom stereocenters. The lowest BCUT2D eigenvalue weighted by atomic mass is 9.95. The molecule has 5 heteroatoms. The van der Waals surface area contributed by atoms with Crippen LogP contribution in [0.5, 0.6) is 0 Å². The number of amides is 1. The Hall–Kier alpha value is -1.91. The number of hydrogen-bond donors (Lipinski definition) is 2. The number of H-pyrrole nitrogens is 1. The first-order valence-electron chi connectivity index (χ1n) is 6.69. The van der Waals surface area contributed by atoms with E-state index in [1.165, 1.54) is 12.5 Å². The molecule has 1 aromatic carbocycles. The minimum atomic E-state index is -0.412. The van der Waals surface area contributed by atoms with Crippen molar-refractivity contribution in [1.29, 1.82) is 0 Å². The normalized spacial score (nSPS) is 16.7. The molecule has 0 aliphatic heterocycles. The van der Waals surface area contributed by atoms with Gasteiger partial charge in [0.05, 0.1) is 0 Å². The van der Waals surface area contributed by atoms with E-state index < -0.39 is 5.82 Å². The van der Waals surface area contributed by atoms with Crippen molar-refractivity contribution in [2.75, 3.05) is 0 Å². The number of fused-ring (bicyclic) bond motifs is 1. The lowest BCUT2D eigenvalue weighted by Crippen LogP contribution is -2.36. The fourth-order valence-electron chi connectivity index (χ4n) is 2.68.